The summed E-state index contributed by atoms with van der Waals surface area (Å²) in [7, 11) is 0. The fourth-order valence-corrected chi connectivity index (χ4v) is 4.11. The minimum absolute atomic E-state index is 1.18. The van der Waals surface area contributed by atoms with E-state index in [4.69, 9.17) is 0 Å². The summed E-state index contributed by atoms with van der Waals surface area (Å²) in [5, 5.41) is 2.60. The van der Waals surface area contributed by atoms with Crippen molar-refractivity contribution in [2.24, 2.45) is 0 Å². The standard InChI is InChI=1S/C28H24N2/c1-21-19-29(27-12-5-3-10-25(21)27)16-14-23-8-7-9-24(18-23)15-17-30-20-22(2)26-11-4-6-13-28(26)30/h3-20H,1-2H3/b16-14+,17-15+. The maximum Gasteiger partial charge on any atom is 0.0525 e. The summed E-state index contributed by atoms with van der Waals surface area (Å²) in [5.41, 5.74) is 7.42. The van der Waals surface area contributed by atoms with Crippen LogP contribution in [0.25, 0.3) is 46.4 Å². The van der Waals surface area contributed by atoms with Crippen LogP contribution in [0, 0.1) is 13.8 Å². The molecule has 0 amide bonds. The van der Waals surface area contributed by atoms with E-state index >= 15 is 0 Å². The highest BCUT2D eigenvalue weighted by Crippen LogP contribution is 2.22. The summed E-state index contributed by atoms with van der Waals surface area (Å²) in [6.07, 6.45) is 13.0. The normalized spacial score (nSPS) is 12.1. The number of hydrogen-bond acceptors (Lipinski definition) is 0. The zero-order valence-corrected chi connectivity index (χ0v) is 17.3. The molecular weight excluding hydrogens is 364 g/mol. The number of para-hydroxylation sites is 2. The molecule has 30 heavy (non-hydrogen) atoms. The van der Waals surface area contributed by atoms with E-state index in [9.17, 15) is 0 Å². The summed E-state index contributed by atoms with van der Waals surface area (Å²) in [5.74, 6) is 0. The van der Waals surface area contributed by atoms with Gasteiger partial charge in [0, 0.05) is 35.6 Å². The summed E-state index contributed by atoms with van der Waals surface area (Å²) in [4.78, 5) is 0. The molecule has 2 nitrogen and oxygen atoms in total. The number of benzene rings is 3. The van der Waals surface area contributed by atoms with Crippen molar-refractivity contribution in [2.45, 2.75) is 13.8 Å². The Labute approximate surface area is 177 Å². The van der Waals surface area contributed by atoms with Crippen LogP contribution in [0.1, 0.15) is 22.3 Å². The van der Waals surface area contributed by atoms with Crippen LogP contribution in [0.5, 0.6) is 0 Å². The maximum absolute atomic E-state index is 2.21. The molecule has 2 heteroatoms. The maximum atomic E-state index is 2.21. The monoisotopic (exact) mass is 388 g/mol. The Balaban J connectivity index is 1.42. The SMILES string of the molecule is Cc1cn(/C=C/c2cccc(/C=C/n3cc(C)c4ccccc43)c2)c2ccccc12. The van der Waals surface area contributed by atoms with Crippen LogP contribution in [-0.2, 0) is 0 Å². The first-order valence-electron chi connectivity index (χ1n) is 10.3. The second kappa shape index (κ2) is 7.57. The molecule has 0 atom stereocenters. The second-order valence-electron chi connectivity index (χ2n) is 7.77. The first kappa shape index (κ1) is 18.3. The van der Waals surface area contributed by atoms with E-state index in [0.29, 0.717) is 0 Å². The Morgan fingerprint density at radius 2 is 1.03 bits per heavy atom. The average Bonchev–Trinajstić information content (AvgIpc) is 3.28. The lowest BCUT2D eigenvalue weighted by molar-refractivity contribution is 1.22. The number of hydrogen-bond donors (Lipinski definition) is 0. The zero-order valence-electron chi connectivity index (χ0n) is 17.3. The van der Waals surface area contributed by atoms with Crippen LogP contribution in [-0.4, -0.2) is 9.13 Å². The number of rotatable bonds is 4. The summed E-state index contributed by atoms with van der Waals surface area (Å²) in [6.45, 7) is 4.31. The molecule has 0 saturated carbocycles. The van der Waals surface area contributed by atoms with Gasteiger partial charge in [-0.1, -0.05) is 54.6 Å². The smallest absolute Gasteiger partial charge is 0.0525 e. The molecule has 0 aliphatic rings. The van der Waals surface area contributed by atoms with Crippen LogP contribution < -0.4 is 0 Å². The lowest BCUT2D eigenvalue weighted by atomic mass is 10.1. The molecule has 0 N–H and O–H groups in total. The fraction of sp³-hybridized carbons (Fsp3) is 0.0714. The van der Waals surface area contributed by atoms with Crippen molar-refractivity contribution in [1.82, 2.24) is 9.13 Å². The van der Waals surface area contributed by atoms with Gasteiger partial charge in [0.25, 0.3) is 0 Å². The van der Waals surface area contributed by atoms with Gasteiger partial charge in [0.2, 0.25) is 0 Å². The van der Waals surface area contributed by atoms with Gasteiger partial charge in [-0.05, 0) is 66.5 Å². The van der Waals surface area contributed by atoms with Gasteiger partial charge < -0.3 is 9.13 Å². The molecule has 0 aliphatic carbocycles. The van der Waals surface area contributed by atoms with Gasteiger partial charge in [-0.3, -0.25) is 0 Å². The Morgan fingerprint density at radius 3 is 1.53 bits per heavy atom. The lowest BCUT2D eigenvalue weighted by Crippen LogP contribution is -1.84. The Bertz CT molecular complexity index is 1300. The molecule has 0 saturated heterocycles. The highest BCUT2D eigenvalue weighted by atomic mass is 14.9. The molecule has 0 bridgehead atoms. The third-order valence-corrected chi connectivity index (χ3v) is 5.65. The van der Waals surface area contributed by atoms with Crippen LogP contribution in [0.4, 0.5) is 0 Å². The number of fused-ring (bicyclic) bond motifs is 2. The molecule has 3 aromatic carbocycles. The van der Waals surface area contributed by atoms with Crippen molar-refractivity contribution in [3.63, 3.8) is 0 Å². The van der Waals surface area contributed by atoms with E-state index in [1.165, 1.54) is 44.1 Å². The topological polar surface area (TPSA) is 9.86 Å². The Morgan fingerprint density at radius 1 is 0.567 bits per heavy atom. The quantitative estimate of drug-likeness (QED) is 0.302. The van der Waals surface area contributed by atoms with Crippen molar-refractivity contribution >= 4 is 46.4 Å². The molecular formula is C28H24N2. The summed E-state index contributed by atoms with van der Waals surface area (Å²) in [6, 6.07) is 25.6. The van der Waals surface area contributed by atoms with Crippen LogP contribution in [0.15, 0.2) is 85.2 Å². The first-order chi connectivity index (χ1) is 14.7. The lowest BCUT2D eigenvalue weighted by Gasteiger charge is -2.01. The van der Waals surface area contributed by atoms with Gasteiger partial charge in [-0.2, -0.15) is 0 Å². The minimum Gasteiger partial charge on any atom is -0.323 e. The molecule has 0 aliphatic heterocycles. The van der Waals surface area contributed by atoms with Crippen molar-refractivity contribution in [3.05, 3.63) is 107 Å². The summed E-state index contributed by atoms with van der Waals surface area (Å²) < 4.78 is 4.39. The molecule has 146 valence electrons. The van der Waals surface area contributed by atoms with Crippen LogP contribution in [0.3, 0.4) is 0 Å². The van der Waals surface area contributed by atoms with Gasteiger partial charge in [-0.15, -0.1) is 0 Å². The van der Waals surface area contributed by atoms with Gasteiger partial charge in [0.15, 0.2) is 0 Å². The molecule has 0 unspecified atom stereocenters. The molecule has 0 radical (unpaired) electrons. The van der Waals surface area contributed by atoms with Crippen molar-refractivity contribution < 1.29 is 0 Å². The minimum atomic E-state index is 1.18. The van der Waals surface area contributed by atoms with Crippen LogP contribution >= 0.6 is 0 Å². The van der Waals surface area contributed by atoms with Crippen molar-refractivity contribution in [1.29, 1.82) is 0 Å². The Kier molecular flexibility index (Phi) is 4.61. The third kappa shape index (κ3) is 3.37. The molecule has 2 aromatic heterocycles. The van der Waals surface area contributed by atoms with E-state index in [2.05, 4.69) is 133 Å². The molecule has 5 rings (SSSR count). The van der Waals surface area contributed by atoms with Crippen molar-refractivity contribution in [2.75, 3.05) is 0 Å². The van der Waals surface area contributed by atoms with E-state index in [1.54, 1.807) is 0 Å². The molecule has 0 spiro atoms. The van der Waals surface area contributed by atoms with E-state index < -0.39 is 0 Å². The van der Waals surface area contributed by atoms with E-state index in [-0.39, 0.29) is 0 Å². The average molecular weight is 389 g/mol. The van der Waals surface area contributed by atoms with E-state index in [1.807, 2.05) is 0 Å². The third-order valence-electron chi connectivity index (χ3n) is 5.65. The molecule has 5 aromatic rings. The highest BCUT2D eigenvalue weighted by molar-refractivity contribution is 5.87. The molecule has 0 fully saturated rings. The largest absolute Gasteiger partial charge is 0.323 e. The molecule has 2 heterocycles. The van der Waals surface area contributed by atoms with Crippen molar-refractivity contribution in [3.8, 4) is 0 Å². The summed E-state index contributed by atoms with van der Waals surface area (Å²) >= 11 is 0. The van der Waals surface area contributed by atoms with Gasteiger partial charge >= 0.3 is 0 Å². The van der Waals surface area contributed by atoms with Gasteiger partial charge in [0.1, 0.15) is 0 Å². The van der Waals surface area contributed by atoms with Crippen LogP contribution in [0.2, 0.25) is 0 Å². The number of aromatic nitrogens is 2. The number of aryl methyl sites for hydroxylation is 2. The van der Waals surface area contributed by atoms with E-state index in [0.717, 1.165) is 0 Å². The fourth-order valence-electron chi connectivity index (χ4n) is 4.11. The predicted octanol–water partition coefficient (Wildman–Crippen LogP) is 7.47. The first-order valence-corrected chi connectivity index (χ1v) is 10.3. The predicted molar refractivity (Wildman–Crippen MR) is 130 cm³/mol. The number of nitrogens with zero attached hydrogens (tertiary/aromatic N) is 2. The van der Waals surface area contributed by atoms with Gasteiger partial charge in [0.05, 0.1) is 11.0 Å². The zero-order chi connectivity index (χ0) is 20.5. The Hall–Kier alpha value is -3.78. The highest BCUT2D eigenvalue weighted by Gasteiger charge is 2.03. The van der Waals surface area contributed by atoms with Gasteiger partial charge in [-0.25, -0.2) is 0 Å². The second-order valence-corrected chi connectivity index (χ2v) is 7.77.